The van der Waals surface area contributed by atoms with E-state index in [1.165, 1.54) is 6.07 Å². The summed E-state index contributed by atoms with van der Waals surface area (Å²) in [6.45, 7) is 0. The summed E-state index contributed by atoms with van der Waals surface area (Å²) < 4.78 is 0. The maximum absolute atomic E-state index is 10.5. The van der Waals surface area contributed by atoms with Crippen LogP contribution in [0.25, 0.3) is 0 Å². The highest BCUT2D eigenvalue weighted by molar-refractivity contribution is 6.05. The van der Waals surface area contributed by atoms with Gasteiger partial charge in [0.25, 0.3) is 0 Å². The number of carboxylic acid groups (broad SMARTS) is 1. The summed E-state index contributed by atoms with van der Waals surface area (Å²) in [6, 6.07) is 6.55. The lowest BCUT2D eigenvalue weighted by Gasteiger charge is -2.07. The zero-order chi connectivity index (χ0) is 10.8. The number of benzene rings is 1. The highest BCUT2D eigenvalue weighted by atomic mass is 16.7. The van der Waals surface area contributed by atoms with Gasteiger partial charge in [-0.1, -0.05) is 17.3 Å². The Hall–Kier alpha value is -2.04. The zero-order valence-electron chi connectivity index (χ0n) is 7.71. The van der Waals surface area contributed by atoms with Crippen LogP contribution in [0.2, 0.25) is 0 Å². The summed E-state index contributed by atoms with van der Waals surface area (Å²) in [5.74, 6) is -1.25. The van der Waals surface area contributed by atoms with Crippen LogP contribution in [0.1, 0.15) is 12.0 Å². The molecule has 5 nitrogen and oxygen atoms in total. The Kier molecular flexibility index (Phi) is 2.29. The minimum Gasteiger partial charge on any atom is -0.546 e. The van der Waals surface area contributed by atoms with Gasteiger partial charge in [-0.25, -0.2) is 0 Å². The van der Waals surface area contributed by atoms with Crippen molar-refractivity contribution in [3.05, 3.63) is 29.8 Å². The molecule has 0 aromatic heterocycles. The molecule has 15 heavy (non-hydrogen) atoms. The van der Waals surface area contributed by atoms with Crippen LogP contribution < -0.4 is 5.11 Å². The number of phenols is 1. The van der Waals surface area contributed by atoms with Gasteiger partial charge in [0.15, 0.2) is 6.10 Å². The third-order valence-corrected chi connectivity index (χ3v) is 2.15. The monoisotopic (exact) mass is 206 g/mol. The first-order chi connectivity index (χ1) is 7.18. The van der Waals surface area contributed by atoms with E-state index in [9.17, 15) is 15.0 Å². The standard InChI is InChI=1S/C10H9NO4/c12-8-4-2-1-3-6(8)7-5-9(10(13)14)15-11-7/h1-4,9,12H,5H2,(H,13,14)/p-1/t9-/m1/s1. The van der Waals surface area contributed by atoms with E-state index < -0.39 is 12.1 Å². The number of hydrogen-bond acceptors (Lipinski definition) is 5. The SMILES string of the molecule is O=C([O-])[C@H]1CC(c2ccccc2O)=NO1. The van der Waals surface area contributed by atoms with Crippen molar-refractivity contribution in [1.29, 1.82) is 0 Å². The minimum atomic E-state index is -1.30. The van der Waals surface area contributed by atoms with Crippen molar-refractivity contribution in [1.82, 2.24) is 0 Å². The van der Waals surface area contributed by atoms with Crippen LogP contribution >= 0.6 is 0 Å². The molecule has 1 heterocycles. The molecule has 1 aromatic carbocycles. The Bertz CT molecular complexity index is 427. The number of carbonyl (C=O) groups is 1. The van der Waals surface area contributed by atoms with E-state index in [2.05, 4.69) is 9.99 Å². The fraction of sp³-hybridized carbons (Fsp3) is 0.200. The second kappa shape index (κ2) is 3.61. The Labute approximate surface area is 85.6 Å². The highest BCUT2D eigenvalue weighted by Gasteiger charge is 2.24. The first-order valence-corrected chi connectivity index (χ1v) is 4.40. The number of aliphatic carboxylic acids is 1. The Balaban J connectivity index is 2.21. The fourth-order valence-electron chi connectivity index (χ4n) is 1.38. The van der Waals surface area contributed by atoms with Gasteiger partial charge >= 0.3 is 0 Å². The molecule has 0 unspecified atom stereocenters. The molecular formula is C10H8NO4-. The normalized spacial score (nSPS) is 19.5. The zero-order valence-corrected chi connectivity index (χ0v) is 7.71. The molecule has 78 valence electrons. The second-order valence-electron chi connectivity index (χ2n) is 3.17. The van der Waals surface area contributed by atoms with Gasteiger partial charge < -0.3 is 19.8 Å². The molecule has 0 saturated carbocycles. The Morgan fingerprint density at radius 3 is 2.87 bits per heavy atom. The molecule has 0 radical (unpaired) electrons. The largest absolute Gasteiger partial charge is 0.546 e. The lowest BCUT2D eigenvalue weighted by Crippen LogP contribution is -2.35. The highest BCUT2D eigenvalue weighted by Crippen LogP contribution is 2.23. The van der Waals surface area contributed by atoms with E-state index in [0.29, 0.717) is 11.3 Å². The first kappa shape index (κ1) is 9.51. The van der Waals surface area contributed by atoms with Crippen molar-refractivity contribution < 1.29 is 19.8 Å². The number of nitrogens with zero attached hydrogens (tertiary/aromatic N) is 1. The molecule has 0 fully saturated rings. The third-order valence-electron chi connectivity index (χ3n) is 2.15. The summed E-state index contributed by atoms with van der Waals surface area (Å²) in [5, 5.41) is 23.6. The topological polar surface area (TPSA) is 82.0 Å². The van der Waals surface area contributed by atoms with Crippen LogP contribution in [0.5, 0.6) is 5.75 Å². The van der Waals surface area contributed by atoms with Crippen LogP contribution in [0.3, 0.4) is 0 Å². The van der Waals surface area contributed by atoms with Crippen molar-refractivity contribution in [2.75, 3.05) is 0 Å². The van der Waals surface area contributed by atoms with Crippen molar-refractivity contribution in [2.45, 2.75) is 12.5 Å². The van der Waals surface area contributed by atoms with E-state index in [0.717, 1.165) is 0 Å². The molecule has 1 atom stereocenters. The van der Waals surface area contributed by atoms with Gasteiger partial charge in [0.1, 0.15) is 5.75 Å². The van der Waals surface area contributed by atoms with Crippen LogP contribution in [0.15, 0.2) is 29.4 Å². The third kappa shape index (κ3) is 1.76. The first-order valence-electron chi connectivity index (χ1n) is 4.40. The number of hydrogen-bond donors (Lipinski definition) is 1. The van der Waals surface area contributed by atoms with Gasteiger partial charge in [-0.2, -0.15) is 0 Å². The Morgan fingerprint density at radius 1 is 1.53 bits per heavy atom. The number of rotatable bonds is 2. The number of para-hydroxylation sites is 1. The summed E-state index contributed by atoms with van der Waals surface area (Å²) in [5.41, 5.74) is 0.906. The molecule has 5 heteroatoms. The van der Waals surface area contributed by atoms with E-state index in [4.69, 9.17) is 0 Å². The molecular weight excluding hydrogens is 198 g/mol. The molecule has 1 aliphatic heterocycles. The number of aromatic hydroxyl groups is 1. The summed E-state index contributed by atoms with van der Waals surface area (Å²) >= 11 is 0. The number of oxime groups is 1. The molecule has 0 saturated heterocycles. The minimum absolute atomic E-state index is 0.0545. The van der Waals surface area contributed by atoms with Crippen LogP contribution in [0.4, 0.5) is 0 Å². The maximum atomic E-state index is 10.5. The molecule has 1 N–H and O–H groups in total. The van der Waals surface area contributed by atoms with E-state index >= 15 is 0 Å². The summed E-state index contributed by atoms with van der Waals surface area (Å²) in [4.78, 5) is 15.1. The van der Waals surface area contributed by atoms with Gasteiger partial charge in [0.2, 0.25) is 0 Å². The Morgan fingerprint density at radius 2 is 2.27 bits per heavy atom. The van der Waals surface area contributed by atoms with Crippen LogP contribution in [0, 0.1) is 0 Å². The summed E-state index contributed by atoms with van der Waals surface area (Å²) in [7, 11) is 0. The number of phenolic OH excluding ortho intramolecular Hbond substituents is 1. The predicted molar refractivity (Wildman–Crippen MR) is 49.1 cm³/mol. The van der Waals surface area contributed by atoms with Crippen LogP contribution in [-0.4, -0.2) is 22.9 Å². The molecule has 1 aromatic rings. The van der Waals surface area contributed by atoms with Crippen molar-refractivity contribution in [3.63, 3.8) is 0 Å². The maximum Gasteiger partial charge on any atom is 0.172 e. The van der Waals surface area contributed by atoms with Gasteiger partial charge in [0, 0.05) is 12.0 Å². The number of carboxylic acids is 1. The van der Waals surface area contributed by atoms with E-state index in [1.807, 2.05) is 0 Å². The van der Waals surface area contributed by atoms with Crippen molar-refractivity contribution >= 4 is 11.7 Å². The molecule has 2 rings (SSSR count). The van der Waals surface area contributed by atoms with Gasteiger partial charge in [-0.3, -0.25) is 0 Å². The fourth-order valence-corrected chi connectivity index (χ4v) is 1.38. The van der Waals surface area contributed by atoms with Gasteiger partial charge in [-0.15, -0.1) is 0 Å². The molecule has 1 aliphatic rings. The smallest absolute Gasteiger partial charge is 0.172 e. The molecule has 0 amide bonds. The number of carbonyl (C=O) groups excluding carboxylic acids is 1. The second-order valence-corrected chi connectivity index (χ2v) is 3.17. The quantitative estimate of drug-likeness (QED) is 0.716. The molecule has 0 spiro atoms. The average molecular weight is 206 g/mol. The lowest BCUT2D eigenvalue weighted by molar-refractivity contribution is -0.315. The van der Waals surface area contributed by atoms with Crippen molar-refractivity contribution in [3.8, 4) is 5.75 Å². The lowest BCUT2D eigenvalue weighted by atomic mass is 10.0. The predicted octanol–water partition coefficient (Wildman–Crippen LogP) is -0.365. The summed E-state index contributed by atoms with van der Waals surface area (Å²) in [6.07, 6.45) is -0.945. The van der Waals surface area contributed by atoms with Crippen LogP contribution in [-0.2, 0) is 9.63 Å². The van der Waals surface area contributed by atoms with E-state index in [1.54, 1.807) is 18.2 Å². The van der Waals surface area contributed by atoms with Crippen molar-refractivity contribution in [2.24, 2.45) is 5.16 Å². The van der Waals surface area contributed by atoms with E-state index in [-0.39, 0.29) is 12.2 Å². The molecule has 0 bridgehead atoms. The molecule has 0 aliphatic carbocycles. The van der Waals surface area contributed by atoms with Gasteiger partial charge in [-0.05, 0) is 12.1 Å². The average Bonchev–Trinajstić information content (AvgIpc) is 2.67. The van der Waals surface area contributed by atoms with Gasteiger partial charge in [0.05, 0.1) is 11.7 Å².